The number of carbonyl (C=O) groups excluding carboxylic acids is 2. The lowest BCUT2D eigenvalue weighted by Gasteiger charge is -2.18. The van der Waals surface area contributed by atoms with E-state index in [4.69, 9.17) is 39.5 Å². The van der Waals surface area contributed by atoms with E-state index in [0.717, 1.165) is 4.90 Å². The zero-order chi connectivity index (χ0) is 23.0. The van der Waals surface area contributed by atoms with Gasteiger partial charge in [-0.3, -0.25) is 4.79 Å². The molecule has 0 radical (unpaired) electrons. The van der Waals surface area contributed by atoms with E-state index in [1.807, 2.05) is 0 Å². The second-order valence-electron chi connectivity index (χ2n) is 6.91. The molecule has 0 aromatic heterocycles. The number of carbonyl (C=O) groups is 2. The van der Waals surface area contributed by atoms with Crippen molar-refractivity contribution in [1.82, 2.24) is 5.32 Å². The van der Waals surface area contributed by atoms with Crippen LogP contribution in [0, 0.1) is 0 Å². The minimum absolute atomic E-state index is 0.0602. The van der Waals surface area contributed by atoms with Crippen LogP contribution in [0.15, 0.2) is 54.6 Å². The summed E-state index contributed by atoms with van der Waals surface area (Å²) in [5, 5.41) is 23.9. The highest BCUT2D eigenvalue weighted by Crippen LogP contribution is 2.41. The molecule has 1 saturated heterocycles. The molecule has 1 aliphatic rings. The van der Waals surface area contributed by atoms with Gasteiger partial charge in [0.05, 0.1) is 22.3 Å². The molecule has 0 spiro atoms. The quantitative estimate of drug-likeness (QED) is 0.420. The molecule has 0 aliphatic carbocycles. The average Bonchev–Trinajstić information content (AvgIpc) is 3.09. The number of amides is 3. The summed E-state index contributed by atoms with van der Waals surface area (Å²) in [4.78, 5) is 24.7. The van der Waals surface area contributed by atoms with Gasteiger partial charge in [0.25, 0.3) is 5.91 Å². The smallest absolute Gasteiger partial charge is 0.329 e. The van der Waals surface area contributed by atoms with Crippen molar-refractivity contribution in [2.75, 3.05) is 11.4 Å². The lowest BCUT2D eigenvalue weighted by atomic mass is 10.0. The number of phenolic OH excluding ortho intramolecular Hbond substituents is 1. The number of urea groups is 1. The van der Waals surface area contributed by atoms with Crippen molar-refractivity contribution < 1.29 is 24.5 Å². The number of aromatic hydroxyl groups is 1. The first-order valence-corrected chi connectivity index (χ1v) is 10.4. The van der Waals surface area contributed by atoms with Crippen LogP contribution in [-0.2, 0) is 4.79 Å². The number of nitrogens with zero attached hydrogens (tertiary/aromatic N) is 1. The maximum atomic E-state index is 11.9. The van der Waals surface area contributed by atoms with E-state index in [0.29, 0.717) is 10.6 Å². The molecule has 1 atom stereocenters. The van der Waals surface area contributed by atoms with E-state index in [2.05, 4.69) is 5.32 Å². The van der Waals surface area contributed by atoms with Crippen LogP contribution in [0.3, 0.4) is 0 Å². The number of benzene rings is 3. The van der Waals surface area contributed by atoms with Gasteiger partial charge in [-0.25, -0.2) is 9.69 Å². The van der Waals surface area contributed by atoms with E-state index in [9.17, 15) is 19.8 Å². The van der Waals surface area contributed by atoms with Gasteiger partial charge in [-0.2, -0.15) is 0 Å². The molecule has 1 fully saturated rings. The number of anilines is 1. The van der Waals surface area contributed by atoms with Crippen LogP contribution in [0.25, 0.3) is 0 Å². The first-order chi connectivity index (χ1) is 15.2. The topological polar surface area (TPSA) is 99.1 Å². The Morgan fingerprint density at radius 2 is 1.72 bits per heavy atom. The minimum Gasteiger partial charge on any atom is -0.508 e. The van der Waals surface area contributed by atoms with Gasteiger partial charge in [-0.15, -0.1) is 0 Å². The van der Waals surface area contributed by atoms with Crippen LogP contribution >= 0.6 is 34.8 Å². The molecule has 32 heavy (non-hydrogen) atoms. The molecule has 0 saturated carbocycles. The van der Waals surface area contributed by atoms with E-state index >= 15 is 0 Å². The fourth-order valence-electron chi connectivity index (χ4n) is 3.25. The Bertz CT molecular complexity index is 1190. The third-order valence-corrected chi connectivity index (χ3v) is 5.56. The number of aliphatic hydroxyl groups excluding tert-OH is 1. The molecular weight excluding hydrogens is 479 g/mol. The second kappa shape index (κ2) is 8.88. The zero-order valence-electron chi connectivity index (χ0n) is 16.2. The molecule has 3 amide bonds. The van der Waals surface area contributed by atoms with Crippen molar-refractivity contribution >= 4 is 52.4 Å². The van der Waals surface area contributed by atoms with Gasteiger partial charge >= 0.3 is 6.03 Å². The van der Waals surface area contributed by atoms with Crippen LogP contribution < -0.4 is 15.0 Å². The van der Waals surface area contributed by atoms with E-state index < -0.39 is 18.0 Å². The zero-order valence-corrected chi connectivity index (χ0v) is 18.4. The molecule has 0 bridgehead atoms. The predicted octanol–water partition coefficient (Wildman–Crippen LogP) is 5.28. The standard InChI is InChI=1S/C22H15Cl3N2O5/c23-12-3-1-2-11(6-12)20(30)15-9-14(4-5-18(15)28)32-21-16(24)7-13(8-17(21)25)27-19(29)10-26-22(27)31/h1-9,20,28,30H,10H2,(H,26,31). The Morgan fingerprint density at radius 1 is 1.00 bits per heavy atom. The summed E-state index contributed by atoms with van der Waals surface area (Å²) in [6, 6.07) is 13.1. The fourth-order valence-corrected chi connectivity index (χ4v) is 4.00. The Labute approximate surface area is 197 Å². The lowest BCUT2D eigenvalue weighted by Crippen LogP contribution is -2.30. The number of nitrogens with one attached hydrogen (secondary N) is 1. The summed E-state index contributed by atoms with van der Waals surface area (Å²) in [6.45, 7) is -0.114. The van der Waals surface area contributed by atoms with Gasteiger partial charge in [0.15, 0.2) is 5.75 Å². The Kier molecular flexibility index (Phi) is 6.17. The number of imide groups is 1. The van der Waals surface area contributed by atoms with E-state index in [1.54, 1.807) is 24.3 Å². The summed E-state index contributed by atoms with van der Waals surface area (Å²) >= 11 is 18.6. The third-order valence-electron chi connectivity index (χ3n) is 4.76. The third kappa shape index (κ3) is 4.33. The summed E-state index contributed by atoms with van der Waals surface area (Å²) < 4.78 is 5.80. The number of halogens is 3. The monoisotopic (exact) mass is 492 g/mol. The Balaban J connectivity index is 1.64. The molecular formula is C22H15Cl3N2O5. The molecule has 10 heteroatoms. The van der Waals surface area contributed by atoms with Gasteiger partial charge in [0, 0.05) is 10.6 Å². The highest BCUT2D eigenvalue weighted by atomic mass is 35.5. The number of hydrogen-bond donors (Lipinski definition) is 3. The number of phenols is 1. The van der Waals surface area contributed by atoms with Crippen molar-refractivity contribution in [2.45, 2.75) is 6.10 Å². The first-order valence-electron chi connectivity index (χ1n) is 9.28. The molecule has 1 heterocycles. The molecule has 7 nitrogen and oxygen atoms in total. The van der Waals surface area contributed by atoms with Crippen molar-refractivity contribution in [3.63, 3.8) is 0 Å². The summed E-state index contributed by atoms with van der Waals surface area (Å²) in [5.74, 6) is -0.256. The molecule has 4 rings (SSSR count). The van der Waals surface area contributed by atoms with Crippen molar-refractivity contribution in [3.05, 3.63) is 80.8 Å². The predicted molar refractivity (Wildman–Crippen MR) is 121 cm³/mol. The Morgan fingerprint density at radius 3 is 2.34 bits per heavy atom. The van der Waals surface area contributed by atoms with Crippen LogP contribution in [0.2, 0.25) is 15.1 Å². The van der Waals surface area contributed by atoms with E-state index in [1.165, 1.54) is 30.3 Å². The number of rotatable bonds is 5. The molecule has 164 valence electrons. The first kappa shape index (κ1) is 22.2. The van der Waals surface area contributed by atoms with Crippen molar-refractivity contribution in [3.8, 4) is 17.2 Å². The summed E-state index contributed by atoms with van der Waals surface area (Å²) in [5.41, 5.74) is 0.877. The van der Waals surface area contributed by atoms with Crippen LogP contribution in [-0.4, -0.2) is 28.7 Å². The van der Waals surface area contributed by atoms with E-state index in [-0.39, 0.29) is 45.1 Å². The normalized spacial score (nSPS) is 14.4. The molecule has 1 unspecified atom stereocenters. The number of aliphatic hydroxyl groups is 1. The molecule has 3 aromatic rings. The van der Waals surface area contributed by atoms with Crippen molar-refractivity contribution in [1.29, 1.82) is 0 Å². The average molecular weight is 494 g/mol. The highest BCUT2D eigenvalue weighted by Gasteiger charge is 2.31. The molecule has 1 aliphatic heterocycles. The fraction of sp³-hybridized carbons (Fsp3) is 0.0909. The minimum atomic E-state index is -1.16. The Hall–Kier alpha value is -2.97. The van der Waals surface area contributed by atoms with Crippen LogP contribution in [0.5, 0.6) is 17.2 Å². The number of ether oxygens (including phenoxy) is 1. The maximum absolute atomic E-state index is 11.9. The second-order valence-corrected chi connectivity index (χ2v) is 8.16. The van der Waals surface area contributed by atoms with Crippen LogP contribution in [0.4, 0.5) is 10.5 Å². The number of hydrogen-bond acceptors (Lipinski definition) is 5. The lowest BCUT2D eigenvalue weighted by molar-refractivity contribution is -0.115. The van der Waals surface area contributed by atoms with Crippen LogP contribution in [0.1, 0.15) is 17.2 Å². The SMILES string of the molecule is O=C1CNC(=O)N1c1cc(Cl)c(Oc2ccc(O)c(C(O)c3cccc(Cl)c3)c2)c(Cl)c1. The van der Waals surface area contributed by atoms with Gasteiger partial charge in [0.2, 0.25) is 0 Å². The summed E-state index contributed by atoms with van der Waals surface area (Å²) in [6.07, 6.45) is -1.16. The maximum Gasteiger partial charge on any atom is 0.329 e. The van der Waals surface area contributed by atoms with Gasteiger partial charge in [0.1, 0.15) is 17.6 Å². The van der Waals surface area contributed by atoms with Gasteiger partial charge < -0.3 is 20.3 Å². The highest BCUT2D eigenvalue weighted by molar-refractivity contribution is 6.38. The van der Waals surface area contributed by atoms with Gasteiger partial charge in [-0.1, -0.05) is 46.9 Å². The van der Waals surface area contributed by atoms with Crippen molar-refractivity contribution in [2.24, 2.45) is 0 Å². The van der Waals surface area contributed by atoms with Gasteiger partial charge in [-0.05, 0) is 48.0 Å². The molecule has 3 aromatic carbocycles. The molecule has 3 N–H and O–H groups in total. The largest absolute Gasteiger partial charge is 0.508 e. The summed E-state index contributed by atoms with van der Waals surface area (Å²) in [7, 11) is 0.